The summed E-state index contributed by atoms with van der Waals surface area (Å²) in [7, 11) is -2.17. The molecule has 0 amide bonds. The molecule has 11 heteroatoms. The monoisotopic (exact) mass is 785 g/mol. The van der Waals surface area contributed by atoms with Crippen molar-refractivity contribution in [3.05, 3.63) is 38.1 Å². The van der Waals surface area contributed by atoms with E-state index in [1.807, 2.05) is 0 Å². The first-order valence-corrected chi connectivity index (χ1v) is 29.3. The number of rotatable bonds is 16. The molecular formula is C35H78N5OSi4Y. The third-order valence-electron chi connectivity index (χ3n) is 7.68. The Bertz CT molecular complexity index is 843. The predicted molar refractivity (Wildman–Crippen MR) is 216 cm³/mol. The van der Waals surface area contributed by atoms with Crippen LogP contribution in [0.15, 0.2) is 12.1 Å². The van der Waals surface area contributed by atoms with Crippen LogP contribution < -0.4 is 5.11 Å². The van der Waals surface area contributed by atoms with Gasteiger partial charge in [0.25, 0.3) is 0 Å². The van der Waals surface area contributed by atoms with E-state index in [-0.39, 0.29) is 49.3 Å². The van der Waals surface area contributed by atoms with Gasteiger partial charge in [-0.15, -0.1) is 5.75 Å². The Hall–Kier alpha value is 0.791. The molecule has 0 aromatic heterocycles. The molecule has 6 nitrogen and oxygen atoms in total. The number of benzene rings is 1. The summed E-state index contributed by atoms with van der Waals surface area (Å²) >= 11 is 0. The first-order chi connectivity index (χ1) is 20.6. The summed E-state index contributed by atoms with van der Waals surface area (Å²) in [6.45, 7) is 49.3. The number of hydrogen-bond acceptors (Lipinski definition) is 4. The summed E-state index contributed by atoms with van der Waals surface area (Å²) in [5, 5.41) is 13.5. The molecule has 0 aliphatic rings. The largest absolute Gasteiger partial charge is 3.00 e. The molecule has 1 aromatic rings. The smallest absolute Gasteiger partial charge is 0.872 e. The first kappa shape index (κ1) is 51.2. The van der Waals surface area contributed by atoms with Crippen LogP contribution in [0.1, 0.15) is 85.9 Å². The fourth-order valence-electron chi connectivity index (χ4n) is 5.15. The fraction of sp³-hybridized carbons (Fsp3) is 0.829. The third-order valence-corrected chi connectivity index (χ3v) is 17.2. The van der Waals surface area contributed by atoms with E-state index in [4.69, 9.17) is 0 Å². The van der Waals surface area contributed by atoms with Crippen LogP contribution in [-0.4, -0.2) is 103 Å². The molecule has 0 atom stereocenters. The average Bonchev–Trinajstić information content (AvgIpc) is 2.88. The van der Waals surface area contributed by atoms with E-state index < -0.39 is 35.8 Å². The standard InChI is InChI=1S/C27H51N3O.2C4H14NSi2.Y/c1-11-28(12-2)15-17-30(18-16-29(13-3)14-4)21-22-19-23(26(5,6)7)20-24(25(22)31)27(8,9)10;2*1-6(2)5-7(3)4;/h19-20,31H,11-18,21H2,1-10H3;2*6-7H,1-4H3;/q;2*-1;+3/p-1. The maximum absolute atomic E-state index is 13.5. The number of likely N-dealkylation sites (N-methyl/N-ethyl adjacent to an activating group) is 2. The van der Waals surface area contributed by atoms with Gasteiger partial charge in [-0.25, -0.2) is 0 Å². The molecule has 0 bridgehead atoms. The molecule has 46 heavy (non-hydrogen) atoms. The maximum atomic E-state index is 13.5. The molecule has 1 aromatic carbocycles. The zero-order valence-corrected chi connectivity index (χ0v) is 41.5. The first-order valence-electron chi connectivity index (χ1n) is 18.0. The normalized spacial score (nSPS) is 12.2. The van der Waals surface area contributed by atoms with Crippen LogP contribution in [0.3, 0.4) is 0 Å². The van der Waals surface area contributed by atoms with E-state index >= 15 is 0 Å². The van der Waals surface area contributed by atoms with Gasteiger partial charge in [-0.3, -0.25) is 4.90 Å². The Labute approximate surface area is 321 Å². The molecule has 0 spiro atoms. The van der Waals surface area contributed by atoms with Gasteiger partial charge in [-0.05, 0) is 53.7 Å². The molecule has 0 unspecified atom stereocenters. The van der Waals surface area contributed by atoms with Gasteiger partial charge in [-0.1, -0.05) is 170 Å². The van der Waals surface area contributed by atoms with Crippen LogP contribution in [0, 0.1) is 0 Å². The molecule has 268 valence electrons. The summed E-state index contributed by atoms with van der Waals surface area (Å²) in [5.74, 6) is 0.233. The van der Waals surface area contributed by atoms with Crippen LogP contribution in [0.2, 0.25) is 52.4 Å². The molecule has 0 fully saturated rings. The summed E-state index contributed by atoms with van der Waals surface area (Å²) in [5.41, 5.74) is 3.04. The molecule has 0 aliphatic heterocycles. The van der Waals surface area contributed by atoms with Gasteiger partial charge in [0.15, 0.2) is 0 Å². The number of nitrogens with zero attached hydrogens (tertiary/aromatic N) is 5. The van der Waals surface area contributed by atoms with Gasteiger partial charge in [0.1, 0.15) is 0 Å². The topological polar surface area (TPSA) is 61.0 Å². The van der Waals surface area contributed by atoms with Crippen LogP contribution in [0.4, 0.5) is 0 Å². The molecule has 0 saturated heterocycles. The van der Waals surface area contributed by atoms with Crippen molar-refractivity contribution in [3.8, 4) is 5.75 Å². The van der Waals surface area contributed by atoms with Crippen molar-refractivity contribution in [1.29, 1.82) is 0 Å². The SMILES string of the molecule is CCN(CC)CCN(CCN(CC)CC)Cc1cc(C(C)(C)C)cc(C(C)(C)C)c1[O-].C[SiH](C)[N-][SiH](C)C.C[SiH](C)[N-][SiH](C)C.[Y+3]. The quantitative estimate of drug-likeness (QED) is 0.163. The van der Waals surface area contributed by atoms with Gasteiger partial charge in [0.05, 0.1) is 0 Å². The van der Waals surface area contributed by atoms with E-state index in [2.05, 4.69) is 158 Å². The van der Waals surface area contributed by atoms with Gasteiger partial charge in [-0.2, -0.15) is 0 Å². The zero-order valence-electron chi connectivity index (χ0n) is 34.0. The van der Waals surface area contributed by atoms with Crippen molar-refractivity contribution in [2.24, 2.45) is 0 Å². The van der Waals surface area contributed by atoms with Crippen LogP contribution in [0.5, 0.6) is 5.75 Å². The van der Waals surface area contributed by atoms with Crippen molar-refractivity contribution in [2.45, 2.75) is 139 Å². The van der Waals surface area contributed by atoms with Crippen molar-refractivity contribution in [3.63, 3.8) is 0 Å². The number of hydrogen-bond donors (Lipinski definition) is 0. The average molecular weight is 786 g/mol. The Kier molecular flexibility index (Phi) is 29.6. The van der Waals surface area contributed by atoms with E-state index in [0.717, 1.165) is 70.0 Å². The summed E-state index contributed by atoms with van der Waals surface area (Å²) in [4.78, 5) is 7.43. The second kappa shape index (κ2) is 26.6. The Balaban J connectivity index is -0.00000102. The minimum absolute atomic E-state index is 0. The van der Waals surface area contributed by atoms with Crippen LogP contribution >= 0.6 is 0 Å². The molecular weight excluding hydrogens is 708 g/mol. The van der Waals surface area contributed by atoms with Crippen LogP contribution in [-0.2, 0) is 50.1 Å². The van der Waals surface area contributed by atoms with Crippen LogP contribution in [0.25, 0.3) is 9.30 Å². The van der Waals surface area contributed by atoms with Gasteiger partial charge < -0.3 is 24.2 Å². The fourth-order valence-corrected chi connectivity index (χ4v) is 14.7. The molecule has 0 N–H and O–H groups in total. The molecule has 0 radical (unpaired) electrons. The zero-order chi connectivity index (χ0) is 35.5. The summed E-state index contributed by atoms with van der Waals surface area (Å²) in [6.07, 6.45) is 0. The second-order valence-corrected chi connectivity index (χ2v) is 26.7. The minimum Gasteiger partial charge on any atom is -0.872 e. The van der Waals surface area contributed by atoms with Crippen molar-refractivity contribution in [2.75, 3.05) is 52.4 Å². The predicted octanol–water partition coefficient (Wildman–Crippen LogP) is 7.49. The second-order valence-electron chi connectivity index (χ2n) is 15.5. The van der Waals surface area contributed by atoms with Gasteiger partial charge in [0.2, 0.25) is 0 Å². The summed E-state index contributed by atoms with van der Waals surface area (Å²) < 4.78 is 9.11. The molecule has 0 heterocycles. The van der Waals surface area contributed by atoms with Crippen molar-refractivity contribution < 1.29 is 37.8 Å². The van der Waals surface area contributed by atoms with Crippen molar-refractivity contribution >= 4 is 35.8 Å². The third kappa shape index (κ3) is 24.9. The molecule has 1 rings (SSSR count). The van der Waals surface area contributed by atoms with E-state index in [1.54, 1.807) is 0 Å². The summed E-state index contributed by atoms with van der Waals surface area (Å²) in [6, 6.07) is 4.33. The maximum Gasteiger partial charge on any atom is 3.00 e. The Morgan fingerprint density at radius 2 is 0.891 bits per heavy atom. The van der Waals surface area contributed by atoms with Crippen molar-refractivity contribution in [1.82, 2.24) is 14.7 Å². The van der Waals surface area contributed by atoms with E-state index in [9.17, 15) is 5.11 Å². The minimum atomic E-state index is -0.542. The van der Waals surface area contributed by atoms with E-state index in [0.29, 0.717) is 0 Å². The molecule has 0 aliphatic carbocycles. The Morgan fingerprint density at radius 3 is 1.13 bits per heavy atom. The van der Waals surface area contributed by atoms with Gasteiger partial charge >= 0.3 is 32.7 Å². The van der Waals surface area contributed by atoms with E-state index in [1.165, 1.54) is 5.56 Å². The molecule has 0 saturated carbocycles. The Morgan fingerprint density at radius 1 is 0.565 bits per heavy atom. The van der Waals surface area contributed by atoms with Gasteiger partial charge in [0, 0.05) is 32.7 Å².